The minimum Gasteiger partial charge on any atom is -0.356 e. The van der Waals surface area contributed by atoms with E-state index in [2.05, 4.69) is 15.3 Å². The van der Waals surface area contributed by atoms with Gasteiger partial charge in [-0.3, -0.25) is 9.78 Å². The first-order valence-corrected chi connectivity index (χ1v) is 8.12. The van der Waals surface area contributed by atoms with Crippen molar-refractivity contribution in [2.45, 2.75) is 25.6 Å². The highest BCUT2D eigenvalue weighted by molar-refractivity contribution is 5.79. The zero-order valence-electron chi connectivity index (χ0n) is 13.8. The van der Waals surface area contributed by atoms with Crippen molar-refractivity contribution in [1.29, 1.82) is 0 Å². The van der Waals surface area contributed by atoms with Gasteiger partial charge in [-0.05, 0) is 42.3 Å². The minimum absolute atomic E-state index is 0.0558. The van der Waals surface area contributed by atoms with E-state index in [1.54, 1.807) is 24.5 Å². The molecule has 136 valence electrons. The molecule has 3 rings (SSSR count). The number of rotatable bonds is 6. The van der Waals surface area contributed by atoms with Crippen molar-refractivity contribution >= 4 is 16.9 Å². The number of halogens is 3. The molecule has 3 aromatic heterocycles. The van der Waals surface area contributed by atoms with Gasteiger partial charge in [-0.25, -0.2) is 4.98 Å². The number of aromatic nitrogens is 3. The van der Waals surface area contributed by atoms with Crippen LogP contribution in [0.4, 0.5) is 13.2 Å². The van der Waals surface area contributed by atoms with Crippen molar-refractivity contribution in [2.75, 3.05) is 6.54 Å². The highest BCUT2D eigenvalue weighted by Crippen LogP contribution is 2.33. The molecule has 3 heterocycles. The SMILES string of the molecule is O=C(CCn1c(C(F)(F)F)cc2cccnc21)NCCc1ccncc1. The van der Waals surface area contributed by atoms with Gasteiger partial charge in [0, 0.05) is 43.5 Å². The van der Waals surface area contributed by atoms with Crippen molar-refractivity contribution in [3.8, 4) is 0 Å². The van der Waals surface area contributed by atoms with Crippen molar-refractivity contribution in [2.24, 2.45) is 0 Å². The number of alkyl halides is 3. The summed E-state index contributed by atoms with van der Waals surface area (Å²) in [4.78, 5) is 19.9. The van der Waals surface area contributed by atoms with Crippen LogP contribution in [0.5, 0.6) is 0 Å². The number of hydrogen-bond donors (Lipinski definition) is 1. The Balaban J connectivity index is 1.63. The zero-order valence-corrected chi connectivity index (χ0v) is 13.8. The lowest BCUT2D eigenvalue weighted by Crippen LogP contribution is -2.27. The van der Waals surface area contributed by atoms with Crippen LogP contribution in [0.25, 0.3) is 11.0 Å². The molecular weight excluding hydrogens is 345 g/mol. The fraction of sp³-hybridized carbons (Fsp3) is 0.278. The fourth-order valence-electron chi connectivity index (χ4n) is 2.75. The zero-order chi connectivity index (χ0) is 18.6. The van der Waals surface area contributed by atoms with Crippen LogP contribution in [-0.4, -0.2) is 27.0 Å². The molecule has 0 bridgehead atoms. The number of hydrogen-bond acceptors (Lipinski definition) is 3. The average molecular weight is 362 g/mol. The quantitative estimate of drug-likeness (QED) is 0.733. The van der Waals surface area contributed by atoms with E-state index in [9.17, 15) is 18.0 Å². The van der Waals surface area contributed by atoms with Crippen molar-refractivity contribution in [1.82, 2.24) is 19.9 Å². The molecule has 0 aliphatic carbocycles. The Kier molecular flexibility index (Phi) is 5.20. The fourth-order valence-corrected chi connectivity index (χ4v) is 2.75. The smallest absolute Gasteiger partial charge is 0.356 e. The Hall–Kier alpha value is -2.90. The van der Waals surface area contributed by atoms with Crippen LogP contribution < -0.4 is 5.32 Å². The molecule has 3 aromatic rings. The van der Waals surface area contributed by atoms with E-state index in [-0.39, 0.29) is 24.5 Å². The van der Waals surface area contributed by atoms with Crippen LogP contribution >= 0.6 is 0 Å². The second-order valence-corrected chi connectivity index (χ2v) is 5.80. The van der Waals surface area contributed by atoms with E-state index in [0.29, 0.717) is 18.4 Å². The molecule has 0 atom stereocenters. The Morgan fingerprint density at radius 2 is 1.92 bits per heavy atom. The van der Waals surface area contributed by atoms with Crippen LogP contribution in [0.15, 0.2) is 48.9 Å². The van der Waals surface area contributed by atoms with E-state index in [4.69, 9.17) is 0 Å². The molecule has 0 saturated heterocycles. The monoisotopic (exact) mass is 362 g/mol. The molecule has 26 heavy (non-hydrogen) atoms. The minimum atomic E-state index is -4.50. The predicted molar refractivity (Wildman–Crippen MR) is 90.3 cm³/mol. The number of amides is 1. The number of fused-ring (bicyclic) bond motifs is 1. The van der Waals surface area contributed by atoms with Gasteiger partial charge in [-0.1, -0.05) is 0 Å². The van der Waals surface area contributed by atoms with Gasteiger partial charge in [0.15, 0.2) is 0 Å². The van der Waals surface area contributed by atoms with Crippen LogP contribution in [0.3, 0.4) is 0 Å². The predicted octanol–water partition coefficient (Wildman–Crippen LogP) is 3.20. The van der Waals surface area contributed by atoms with Crippen LogP contribution in [0.1, 0.15) is 17.7 Å². The molecule has 0 aromatic carbocycles. The van der Waals surface area contributed by atoms with E-state index in [0.717, 1.165) is 16.2 Å². The van der Waals surface area contributed by atoms with Crippen LogP contribution in [0.2, 0.25) is 0 Å². The first-order valence-electron chi connectivity index (χ1n) is 8.12. The third-order valence-corrected chi connectivity index (χ3v) is 3.99. The summed E-state index contributed by atoms with van der Waals surface area (Å²) < 4.78 is 40.8. The molecule has 0 fully saturated rings. The summed E-state index contributed by atoms with van der Waals surface area (Å²) in [6.45, 7) is 0.329. The Labute approximate surface area is 147 Å². The summed E-state index contributed by atoms with van der Waals surface area (Å²) >= 11 is 0. The summed E-state index contributed by atoms with van der Waals surface area (Å²) in [5.74, 6) is -0.301. The third-order valence-electron chi connectivity index (χ3n) is 3.99. The standard InChI is InChI=1S/C18H17F3N4O/c19-18(20,21)15-12-14-2-1-7-24-17(14)25(15)11-6-16(26)23-10-5-13-3-8-22-9-4-13/h1-4,7-9,12H,5-6,10-11H2,(H,23,26). The Morgan fingerprint density at radius 3 is 2.65 bits per heavy atom. The first kappa shape index (κ1) is 17.9. The van der Waals surface area contributed by atoms with Crippen molar-refractivity contribution in [3.63, 3.8) is 0 Å². The molecule has 0 radical (unpaired) electrons. The largest absolute Gasteiger partial charge is 0.431 e. The van der Waals surface area contributed by atoms with E-state index < -0.39 is 11.9 Å². The summed E-state index contributed by atoms with van der Waals surface area (Å²) in [6, 6.07) is 7.91. The second kappa shape index (κ2) is 7.55. The van der Waals surface area contributed by atoms with Crippen molar-refractivity contribution in [3.05, 3.63) is 60.2 Å². The number of aryl methyl sites for hydroxylation is 1. The molecule has 8 heteroatoms. The normalized spacial score (nSPS) is 11.7. The van der Waals surface area contributed by atoms with Crippen LogP contribution in [0, 0.1) is 0 Å². The molecular formula is C18H17F3N4O. The van der Waals surface area contributed by atoms with Gasteiger partial charge in [0.1, 0.15) is 11.3 Å². The lowest BCUT2D eigenvalue weighted by molar-refractivity contribution is -0.143. The Morgan fingerprint density at radius 1 is 1.15 bits per heavy atom. The van der Waals surface area contributed by atoms with E-state index >= 15 is 0 Å². The van der Waals surface area contributed by atoms with Gasteiger partial charge < -0.3 is 9.88 Å². The molecule has 5 nitrogen and oxygen atoms in total. The number of nitrogens with zero attached hydrogens (tertiary/aromatic N) is 3. The van der Waals surface area contributed by atoms with Gasteiger partial charge in [0.25, 0.3) is 0 Å². The first-order chi connectivity index (χ1) is 12.4. The number of nitrogens with one attached hydrogen (secondary N) is 1. The van der Waals surface area contributed by atoms with Crippen molar-refractivity contribution < 1.29 is 18.0 Å². The molecule has 0 aliphatic heterocycles. The molecule has 0 spiro atoms. The molecule has 1 amide bonds. The van der Waals surface area contributed by atoms with Gasteiger partial charge in [-0.15, -0.1) is 0 Å². The molecule has 0 saturated carbocycles. The van der Waals surface area contributed by atoms with E-state index in [1.165, 1.54) is 6.20 Å². The lowest BCUT2D eigenvalue weighted by atomic mass is 10.2. The molecule has 0 aliphatic rings. The van der Waals surface area contributed by atoms with Gasteiger partial charge >= 0.3 is 6.18 Å². The topological polar surface area (TPSA) is 59.8 Å². The Bertz CT molecular complexity index is 890. The van der Waals surface area contributed by atoms with Gasteiger partial charge in [0.2, 0.25) is 5.91 Å². The lowest BCUT2D eigenvalue weighted by Gasteiger charge is -2.12. The molecule has 0 unspecified atom stereocenters. The number of pyridine rings is 2. The van der Waals surface area contributed by atoms with E-state index in [1.807, 2.05) is 12.1 Å². The number of carbonyl (C=O) groups excluding carboxylic acids is 1. The summed E-state index contributed by atoms with van der Waals surface area (Å²) in [5.41, 5.74) is 0.459. The highest BCUT2D eigenvalue weighted by atomic mass is 19.4. The summed E-state index contributed by atoms with van der Waals surface area (Å²) in [6.07, 6.45) is 0.849. The third kappa shape index (κ3) is 4.19. The maximum absolute atomic E-state index is 13.2. The summed E-state index contributed by atoms with van der Waals surface area (Å²) in [7, 11) is 0. The maximum Gasteiger partial charge on any atom is 0.431 e. The summed E-state index contributed by atoms with van der Waals surface area (Å²) in [5, 5.41) is 3.13. The highest BCUT2D eigenvalue weighted by Gasteiger charge is 2.35. The van der Waals surface area contributed by atoms with Gasteiger partial charge in [-0.2, -0.15) is 13.2 Å². The maximum atomic E-state index is 13.2. The molecule has 1 N–H and O–H groups in total. The van der Waals surface area contributed by atoms with Crippen LogP contribution in [-0.2, 0) is 23.9 Å². The van der Waals surface area contributed by atoms with Gasteiger partial charge in [0.05, 0.1) is 0 Å². The average Bonchev–Trinajstić information content (AvgIpc) is 3.00. The second-order valence-electron chi connectivity index (χ2n) is 5.80. The number of carbonyl (C=O) groups is 1.